The van der Waals surface area contributed by atoms with E-state index in [-0.39, 0.29) is 5.56 Å². The summed E-state index contributed by atoms with van der Waals surface area (Å²) < 4.78 is 10.5. The van der Waals surface area contributed by atoms with Gasteiger partial charge in [-0.15, -0.1) is 0 Å². The SMILES string of the molecule is COc1ccc(/C=C/c2nc3ccc(C(=O)O)cc3[nH]2)cc1OC. The van der Waals surface area contributed by atoms with Gasteiger partial charge in [-0.25, -0.2) is 9.78 Å². The van der Waals surface area contributed by atoms with Gasteiger partial charge in [0.15, 0.2) is 11.5 Å². The molecule has 0 bridgehead atoms. The molecule has 1 aromatic heterocycles. The van der Waals surface area contributed by atoms with E-state index in [9.17, 15) is 4.79 Å². The van der Waals surface area contributed by atoms with Crippen LogP contribution in [0.2, 0.25) is 0 Å². The molecule has 0 amide bonds. The number of aromatic nitrogens is 2. The molecule has 1 heterocycles. The van der Waals surface area contributed by atoms with E-state index in [1.807, 2.05) is 30.4 Å². The smallest absolute Gasteiger partial charge is 0.335 e. The number of H-pyrrole nitrogens is 1. The van der Waals surface area contributed by atoms with Crippen molar-refractivity contribution in [3.63, 3.8) is 0 Å². The van der Waals surface area contributed by atoms with E-state index < -0.39 is 5.97 Å². The largest absolute Gasteiger partial charge is 0.493 e. The van der Waals surface area contributed by atoms with Gasteiger partial charge in [0.05, 0.1) is 30.8 Å². The molecule has 0 unspecified atom stereocenters. The van der Waals surface area contributed by atoms with Gasteiger partial charge in [-0.3, -0.25) is 0 Å². The van der Waals surface area contributed by atoms with Gasteiger partial charge >= 0.3 is 5.97 Å². The van der Waals surface area contributed by atoms with E-state index >= 15 is 0 Å². The van der Waals surface area contributed by atoms with E-state index in [2.05, 4.69) is 9.97 Å². The molecule has 6 nitrogen and oxygen atoms in total. The summed E-state index contributed by atoms with van der Waals surface area (Å²) >= 11 is 0. The summed E-state index contributed by atoms with van der Waals surface area (Å²) in [4.78, 5) is 18.5. The molecule has 0 saturated heterocycles. The van der Waals surface area contributed by atoms with Crippen LogP contribution in [-0.4, -0.2) is 35.3 Å². The van der Waals surface area contributed by atoms with E-state index in [4.69, 9.17) is 14.6 Å². The fraction of sp³-hybridized carbons (Fsp3) is 0.111. The van der Waals surface area contributed by atoms with Crippen molar-refractivity contribution in [1.29, 1.82) is 0 Å². The normalized spacial score (nSPS) is 11.1. The summed E-state index contributed by atoms with van der Waals surface area (Å²) in [5.74, 6) is 0.992. The van der Waals surface area contributed by atoms with E-state index in [0.717, 1.165) is 5.56 Å². The third-order valence-electron chi connectivity index (χ3n) is 3.59. The molecule has 0 atom stereocenters. The minimum atomic E-state index is -0.964. The molecule has 6 heteroatoms. The molecule has 0 spiro atoms. The Morgan fingerprint density at radius 3 is 2.58 bits per heavy atom. The summed E-state index contributed by atoms with van der Waals surface area (Å²) in [5.41, 5.74) is 2.55. The number of ether oxygens (including phenoxy) is 2. The second-order valence-corrected chi connectivity index (χ2v) is 5.11. The summed E-state index contributed by atoms with van der Waals surface area (Å²) in [7, 11) is 3.18. The van der Waals surface area contributed by atoms with Gasteiger partial charge in [0.25, 0.3) is 0 Å². The van der Waals surface area contributed by atoms with Gasteiger partial charge in [-0.2, -0.15) is 0 Å². The maximum atomic E-state index is 11.0. The summed E-state index contributed by atoms with van der Waals surface area (Å²) in [6.45, 7) is 0. The Hall–Kier alpha value is -3.28. The Kier molecular flexibility index (Phi) is 4.20. The average Bonchev–Trinajstić information content (AvgIpc) is 3.01. The molecule has 122 valence electrons. The minimum Gasteiger partial charge on any atom is -0.493 e. The Labute approximate surface area is 138 Å². The summed E-state index contributed by atoms with van der Waals surface area (Å²) in [6, 6.07) is 10.4. The molecule has 2 aromatic carbocycles. The molecule has 2 N–H and O–H groups in total. The van der Waals surface area contributed by atoms with Crippen LogP contribution >= 0.6 is 0 Å². The predicted molar refractivity (Wildman–Crippen MR) is 91.5 cm³/mol. The topological polar surface area (TPSA) is 84.4 Å². The van der Waals surface area contributed by atoms with Crippen LogP contribution in [0.15, 0.2) is 36.4 Å². The number of methoxy groups -OCH3 is 2. The predicted octanol–water partition coefficient (Wildman–Crippen LogP) is 3.45. The van der Waals surface area contributed by atoms with Crippen LogP contribution < -0.4 is 9.47 Å². The number of nitrogens with one attached hydrogen (secondary N) is 1. The van der Waals surface area contributed by atoms with Gasteiger partial charge in [0.2, 0.25) is 0 Å². The zero-order valence-electron chi connectivity index (χ0n) is 13.2. The van der Waals surface area contributed by atoms with Crippen molar-refractivity contribution < 1.29 is 19.4 Å². The van der Waals surface area contributed by atoms with Gasteiger partial charge < -0.3 is 19.6 Å². The van der Waals surface area contributed by atoms with Crippen LogP contribution in [0.5, 0.6) is 11.5 Å². The number of aromatic amines is 1. The Balaban J connectivity index is 1.89. The van der Waals surface area contributed by atoms with Crippen molar-refractivity contribution in [2.75, 3.05) is 14.2 Å². The molecule has 0 fully saturated rings. The first-order valence-corrected chi connectivity index (χ1v) is 7.24. The quantitative estimate of drug-likeness (QED) is 0.751. The average molecular weight is 324 g/mol. The standard InChI is InChI=1S/C18H16N2O4/c1-23-15-7-3-11(9-16(15)24-2)4-8-17-19-13-6-5-12(18(21)22)10-14(13)20-17/h3-10H,1-2H3,(H,19,20)(H,21,22)/b8-4+. The zero-order valence-corrected chi connectivity index (χ0v) is 13.2. The first kappa shape index (κ1) is 15.6. The first-order chi connectivity index (χ1) is 11.6. The monoisotopic (exact) mass is 324 g/mol. The minimum absolute atomic E-state index is 0.224. The zero-order chi connectivity index (χ0) is 17.1. The van der Waals surface area contributed by atoms with Crippen molar-refractivity contribution in [1.82, 2.24) is 9.97 Å². The number of nitrogens with zero attached hydrogens (tertiary/aromatic N) is 1. The van der Waals surface area contributed by atoms with Crippen LogP contribution in [0, 0.1) is 0 Å². The number of carboxylic acid groups (broad SMARTS) is 1. The molecule has 3 aromatic rings. The number of hydrogen-bond acceptors (Lipinski definition) is 4. The molecule has 3 rings (SSSR count). The lowest BCUT2D eigenvalue weighted by atomic mass is 10.2. The highest BCUT2D eigenvalue weighted by Crippen LogP contribution is 2.28. The van der Waals surface area contributed by atoms with Crippen molar-refractivity contribution in [3.05, 3.63) is 53.3 Å². The summed E-state index contributed by atoms with van der Waals surface area (Å²) in [6.07, 6.45) is 3.71. The second kappa shape index (κ2) is 6.45. The van der Waals surface area contributed by atoms with Crippen LogP contribution in [0.3, 0.4) is 0 Å². The van der Waals surface area contributed by atoms with Gasteiger partial charge in [0, 0.05) is 0 Å². The highest BCUT2D eigenvalue weighted by atomic mass is 16.5. The molecule has 0 aliphatic heterocycles. The van der Waals surface area contributed by atoms with Gasteiger partial charge in [-0.1, -0.05) is 12.1 Å². The maximum Gasteiger partial charge on any atom is 0.335 e. The van der Waals surface area contributed by atoms with E-state index in [0.29, 0.717) is 28.4 Å². The number of carboxylic acids is 1. The number of carbonyl (C=O) groups is 1. The van der Waals surface area contributed by atoms with E-state index in [1.165, 1.54) is 6.07 Å². The van der Waals surface area contributed by atoms with Crippen molar-refractivity contribution in [2.45, 2.75) is 0 Å². The first-order valence-electron chi connectivity index (χ1n) is 7.24. The molecular weight excluding hydrogens is 308 g/mol. The Bertz CT molecular complexity index is 928. The van der Waals surface area contributed by atoms with Crippen LogP contribution in [0.4, 0.5) is 0 Å². The van der Waals surface area contributed by atoms with Crippen molar-refractivity contribution >= 4 is 29.2 Å². The van der Waals surface area contributed by atoms with Gasteiger partial charge in [-0.05, 0) is 42.0 Å². The number of imidazole rings is 1. The molecule has 0 radical (unpaired) electrons. The summed E-state index contributed by atoms with van der Waals surface area (Å²) in [5, 5.41) is 9.02. The van der Waals surface area contributed by atoms with Crippen molar-refractivity contribution in [3.8, 4) is 11.5 Å². The fourth-order valence-electron chi connectivity index (χ4n) is 2.37. The number of rotatable bonds is 5. The molecule has 0 aliphatic rings. The van der Waals surface area contributed by atoms with Crippen LogP contribution in [0.25, 0.3) is 23.2 Å². The lowest BCUT2D eigenvalue weighted by Gasteiger charge is -2.07. The van der Waals surface area contributed by atoms with Crippen LogP contribution in [-0.2, 0) is 0 Å². The molecule has 0 saturated carbocycles. The molecular formula is C18H16N2O4. The lowest BCUT2D eigenvalue weighted by Crippen LogP contribution is -1.94. The second-order valence-electron chi connectivity index (χ2n) is 5.11. The number of hydrogen-bond donors (Lipinski definition) is 2. The number of aromatic carboxylic acids is 1. The number of fused-ring (bicyclic) bond motifs is 1. The highest BCUT2D eigenvalue weighted by Gasteiger charge is 2.07. The van der Waals surface area contributed by atoms with Crippen LogP contribution in [0.1, 0.15) is 21.7 Å². The molecule has 0 aliphatic carbocycles. The Morgan fingerprint density at radius 2 is 1.88 bits per heavy atom. The lowest BCUT2D eigenvalue weighted by molar-refractivity contribution is 0.0697. The third-order valence-corrected chi connectivity index (χ3v) is 3.59. The third kappa shape index (κ3) is 3.08. The van der Waals surface area contributed by atoms with E-state index in [1.54, 1.807) is 26.4 Å². The van der Waals surface area contributed by atoms with Crippen molar-refractivity contribution in [2.24, 2.45) is 0 Å². The molecule has 24 heavy (non-hydrogen) atoms. The fourth-order valence-corrected chi connectivity index (χ4v) is 2.37. The number of benzene rings is 2. The highest BCUT2D eigenvalue weighted by molar-refractivity contribution is 5.92. The van der Waals surface area contributed by atoms with Gasteiger partial charge in [0.1, 0.15) is 5.82 Å². The maximum absolute atomic E-state index is 11.0. The Morgan fingerprint density at radius 1 is 1.08 bits per heavy atom.